The highest BCUT2D eigenvalue weighted by atomic mass is 19.1. The number of aryl methyl sites for hydroxylation is 3. The van der Waals surface area contributed by atoms with Gasteiger partial charge in [-0.05, 0) is 98.3 Å². The molecule has 2 aromatic rings. The van der Waals surface area contributed by atoms with E-state index in [2.05, 4.69) is 17.2 Å². The van der Waals surface area contributed by atoms with Gasteiger partial charge in [0.15, 0.2) is 0 Å². The fourth-order valence-corrected chi connectivity index (χ4v) is 4.45. The molecule has 0 heterocycles. The molecule has 2 rings (SSSR count). The first-order chi connectivity index (χ1) is 17.0. The molecule has 1 unspecified atom stereocenters. The van der Waals surface area contributed by atoms with E-state index in [1.54, 1.807) is 33.1 Å². The summed E-state index contributed by atoms with van der Waals surface area (Å²) < 4.78 is 26.1. The maximum absolute atomic E-state index is 15.6. The molecule has 6 nitrogen and oxygen atoms in total. The first kappa shape index (κ1) is 28.9. The summed E-state index contributed by atoms with van der Waals surface area (Å²) in [6, 6.07) is 5.88. The second kappa shape index (κ2) is 13.1. The lowest BCUT2D eigenvalue weighted by Gasteiger charge is -2.25. The minimum Gasteiger partial charge on any atom is -0.497 e. The average molecular weight is 499 g/mol. The molecular formula is C29H39FN2O4. The van der Waals surface area contributed by atoms with Crippen molar-refractivity contribution in [3.05, 3.63) is 65.1 Å². The smallest absolute Gasteiger partial charge is 0.308 e. The summed E-state index contributed by atoms with van der Waals surface area (Å²) in [6.45, 7) is 15.2. The number of methoxy groups -OCH3 is 1. The molecule has 36 heavy (non-hydrogen) atoms. The summed E-state index contributed by atoms with van der Waals surface area (Å²) in [7, 11) is 1.62. The first-order valence-corrected chi connectivity index (χ1v) is 12.3. The van der Waals surface area contributed by atoms with Gasteiger partial charge in [-0.1, -0.05) is 20.4 Å². The maximum atomic E-state index is 15.6. The minimum atomic E-state index is -0.907. The van der Waals surface area contributed by atoms with E-state index in [1.807, 2.05) is 39.8 Å². The van der Waals surface area contributed by atoms with Crippen LogP contribution in [-0.2, 0) is 14.3 Å². The van der Waals surface area contributed by atoms with Crippen molar-refractivity contribution in [1.29, 1.82) is 0 Å². The van der Waals surface area contributed by atoms with Crippen LogP contribution in [0.2, 0.25) is 0 Å². The number of esters is 1. The lowest BCUT2D eigenvalue weighted by atomic mass is 9.90. The lowest BCUT2D eigenvalue weighted by Crippen LogP contribution is -2.45. The van der Waals surface area contributed by atoms with E-state index < -0.39 is 23.9 Å². The maximum Gasteiger partial charge on any atom is 0.308 e. The van der Waals surface area contributed by atoms with Gasteiger partial charge in [0.25, 0.3) is 0 Å². The zero-order valence-electron chi connectivity index (χ0n) is 22.5. The van der Waals surface area contributed by atoms with Gasteiger partial charge in [-0.15, -0.1) is 0 Å². The summed E-state index contributed by atoms with van der Waals surface area (Å²) in [5, 5.41) is 5.87. The van der Waals surface area contributed by atoms with Gasteiger partial charge in [-0.25, -0.2) is 4.39 Å². The Hall–Kier alpha value is -3.35. The average Bonchev–Trinajstić information content (AvgIpc) is 2.79. The molecular weight excluding hydrogens is 459 g/mol. The normalized spacial score (nSPS) is 12.6. The predicted octanol–water partition coefficient (Wildman–Crippen LogP) is 5.68. The van der Waals surface area contributed by atoms with Gasteiger partial charge in [0.05, 0.1) is 26.2 Å². The Kier molecular flexibility index (Phi) is 10.5. The van der Waals surface area contributed by atoms with Gasteiger partial charge in [0.2, 0.25) is 5.91 Å². The molecule has 0 radical (unpaired) electrons. The quantitative estimate of drug-likeness (QED) is 0.368. The molecule has 0 bridgehead atoms. The zero-order valence-corrected chi connectivity index (χ0v) is 22.5. The van der Waals surface area contributed by atoms with Crippen LogP contribution in [0.15, 0.2) is 37.0 Å². The number of hydrogen-bond acceptors (Lipinski definition) is 5. The number of rotatable bonds is 12. The molecule has 0 aliphatic heterocycles. The highest BCUT2D eigenvalue weighted by Gasteiger charge is 2.28. The van der Waals surface area contributed by atoms with Crippen LogP contribution in [0.5, 0.6) is 5.75 Å². The number of carbonyl (C=O) groups excluding carboxylic acids is 2. The molecule has 0 saturated heterocycles. The fourth-order valence-electron chi connectivity index (χ4n) is 4.45. The summed E-state index contributed by atoms with van der Waals surface area (Å²) in [5.74, 6) is -0.336. The van der Waals surface area contributed by atoms with Crippen LogP contribution in [0, 0.1) is 32.5 Å². The van der Waals surface area contributed by atoms with E-state index in [1.165, 1.54) is 6.20 Å². The number of halogens is 1. The second-order valence-corrected chi connectivity index (χ2v) is 9.46. The van der Waals surface area contributed by atoms with Gasteiger partial charge < -0.3 is 20.1 Å². The van der Waals surface area contributed by atoms with E-state index in [9.17, 15) is 9.59 Å². The van der Waals surface area contributed by atoms with Crippen molar-refractivity contribution in [3.63, 3.8) is 0 Å². The van der Waals surface area contributed by atoms with E-state index in [0.717, 1.165) is 28.0 Å². The molecule has 196 valence electrons. The van der Waals surface area contributed by atoms with Gasteiger partial charge in [-0.3, -0.25) is 9.59 Å². The SMILES string of the molecule is C=CNC(CC(C)C)C(=O)N[C@@H](CC(=O)OCC)c1cc(-c2c(C)cc(OC)cc2C)cc(C)c1F. The van der Waals surface area contributed by atoms with Crippen LogP contribution in [0.25, 0.3) is 11.1 Å². The highest BCUT2D eigenvalue weighted by molar-refractivity contribution is 5.83. The van der Waals surface area contributed by atoms with Crippen molar-refractivity contribution in [1.82, 2.24) is 10.6 Å². The van der Waals surface area contributed by atoms with Crippen molar-refractivity contribution in [2.45, 2.75) is 66.5 Å². The third-order valence-electron chi connectivity index (χ3n) is 6.02. The third kappa shape index (κ3) is 7.33. The summed E-state index contributed by atoms with van der Waals surface area (Å²) in [4.78, 5) is 25.7. The Morgan fingerprint density at radius 3 is 2.25 bits per heavy atom. The Balaban J connectivity index is 2.59. The van der Waals surface area contributed by atoms with E-state index in [4.69, 9.17) is 9.47 Å². The van der Waals surface area contributed by atoms with Crippen LogP contribution in [-0.4, -0.2) is 31.6 Å². The van der Waals surface area contributed by atoms with Crippen molar-refractivity contribution >= 4 is 11.9 Å². The van der Waals surface area contributed by atoms with Crippen LogP contribution < -0.4 is 15.4 Å². The minimum absolute atomic E-state index is 0.192. The highest BCUT2D eigenvalue weighted by Crippen LogP contribution is 2.35. The number of nitrogens with one attached hydrogen (secondary N) is 2. The van der Waals surface area contributed by atoms with Crippen LogP contribution in [0.1, 0.15) is 61.9 Å². The van der Waals surface area contributed by atoms with Gasteiger partial charge >= 0.3 is 5.97 Å². The monoisotopic (exact) mass is 498 g/mol. The Bertz CT molecular complexity index is 1070. The molecule has 0 aliphatic rings. The lowest BCUT2D eigenvalue weighted by molar-refractivity contribution is -0.143. The van der Waals surface area contributed by atoms with Crippen molar-refractivity contribution in [3.8, 4) is 16.9 Å². The number of amides is 1. The largest absolute Gasteiger partial charge is 0.497 e. The number of benzene rings is 2. The number of ether oxygens (including phenoxy) is 2. The molecule has 2 N–H and O–H groups in total. The van der Waals surface area contributed by atoms with Gasteiger partial charge in [0, 0.05) is 5.56 Å². The van der Waals surface area contributed by atoms with Crippen molar-refractivity contribution < 1.29 is 23.5 Å². The summed E-state index contributed by atoms with van der Waals surface area (Å²) in [6.07, 6.45) is 1.83. The predicted molar refractivity (Wildman–Crippen MR) is 141 cm³/mol. The van der Waals surface area contributed by atoms with Crippen LogP contribution in [0.4, 0.5) is 4.39 Å². The van der Waals surface area contributed by atoms with E-state index >= 15 is 4.39 Å². The van der Waals surface area contributed by atoms with Crippen LogP contribution in [0.3, 0.4) is 0 Å². The molecule has 2 aromatic carbocycles. The molecule has 0 fully saturated rings. The van der Waals surface area contributed by atoms with Crippen molar-refractivity contribution in [2.24, 2.45) is 5.92 Å². The van der Waals surface area contributed by atoms with Crippen molar-refractivity contribution in [2.75, 3.05) is 13.7 Å². The molecule has 0 aromatic heterocycles. The second-order valence-electron chi connectivity index (χ2n) is 9.46. The first-order valence-electron chi connectivity index (χ1n) is 12.3. The standard InChI is InChI=1S/C29H39FN2O4/c1-9-31-25(11-17(3)4)29(34)32-24(16-26(33)36-10-2)23-15-21(12-20(7)28(23)30)27-18(5)13-22(35-8)14-19(27)6/h9,12-15,17,24-25,31H,1,10-11,16H2,2-8H3,(H,32,34)/t24-,25?/m0/s1. The third-order valence-corrected chi connectivity index (χ3v) is 6.02. The van der Waals surface area contributed by atoms with Gasteiger partial charge in [0.1, 0.15) is 17.6 Å². The number of hydrogen-bond donors (Lipinski definition) is 2. The fraction of sp³-hybridized carbons (Fsp3) is 0.448. The molecule has 2 atom stereocenters. The Labute approximate surface area is 214 Å². The Morgan fingerprint density at radius 1 is 1.08 bits per heavy atom. The molecule has 0 spiro atoms. The van der Waals surface area contributed by atoms with E-state index in [-0.39, 0.29) is 30.4 Å². The van der Waals surface area contributed by atoms with E-state index in [0.29, 0.717) is 12.0 Å². The van der Waals surface area contributed by atoms with Crippen LogP contribution >= 0.6 is 0 Å². The Morgan fingerprint density at radius 2 is 1.72 bits per heavy atom. The zero-order chi connectivity index (χ0) is 27.0. The molecule has 1 amide bonds. The van der Waals surface area contributed by atoms with Gasteiger partial charge in [-0.2, -0.15) is 0 Å². The topological polar surface area (TPSA) is 76.7 Å². The number of carbonyl (C=O) groups is 2. The molecule has 0 aliphatic carbocycles. The molecule has 7 heteroatoms. The molecule has 0 saturated carbocycles. The summed E-state index contributed by atoms with van der Waals surface area (Å²) >= 11 is 0. The summed E-state index contributed by atoms with van der Waals surface area (Å²) in [5.41, 5.74) is 4.36.